The molecule has 1 saturated carbocycles. The summed E-state index contributed by atoms with van der Waals surface area (Å²) in [5.41, 5.74) is 0. The van der Waals surface area contributed by atoms with Crippen molar-refractivity contribution in [2.75, 3.05) is 0 Å². The average Bonchev–Trinajstić information content (AvgIpc) is 2.69. The Morgan fingerprint density at radius 1 is 1.41 bits per heavy atom. The van der Waals surface area contributed by atoms with E-state index in [1.807, 2.05) is 0 Å². The predicted octanol–water partition coefficient (Wildman–Crippen LogP) is 0.508. The molecule has 1 fully saturated rings. The predicted molar refractivity (Wildman–Crippen MR) is 60.9 cm³/mol. The Balaban J connectivity index is 2.05. The molecule has 0 aromatic carbocycles. The number of sulfonamides is 1. The van der Waals surface area contributed by atoms with Gasteiger partial charge >= 0.3 is 0 Å². The van der Waals surface area contributed by atoms with Crippen LogP contribution in [0.5, 0.6) is 0 Å². The largest absolute Gasteiger partial charge is 0.332 e. The van der Waals surface area contributed by atoms with E-state index < -0.39 is 10.0 Å². The Kier molecular flexibility index (Phi) is 3.30. The summed E-state index contributed by atoms with van der Waals surface area (Å²) in [5, 5.41) is 0.0758. The highest BCUT2D eigenvalue weighted by Crippen LogP contribution is 2.17. The molecule has 1 heterocycles. The van der Waals surface area contributed by atoms with Gasteiger partial charge in [0.25, 0.3) is 10.0 Å². The van der Waals surface area contributed by atoms with Crippen LogP contribution in [0.1, 0.15) is 31.5 Å². The number of nitrogens with one attached hydrogen (secondary N) is 2. The smallest absolute Gasteiger partial charge is 0.257 e. The molecule has 2 rings (SSSR count). The minimum absolute atomic E-state index is 0.0758. The Hall–Kier alpha value is -1.21. The molecule has 6 nitrogen and oxygen atoms in total. The zero-order valence-electron chi connectivity index (χ0n) is 9.56. The first-order valence-electron chi connectivity index (χ1n) is 5.53. The lowest BCUT2D eigenvalue weighted by Crippen LogP contribution is -2.37. The van der Waals surface area contributed by atoms with Crippen molar-refractivity contribution in [2.24, 2.45) is 0 Å². The third kappa shape index (κ3) is 2.92. The van der Waals surface area contributed by atoms with Crippen LogP contribution in [0.15, 0.2) is 11.2 Å². The van der Waals surface area contributed by atoms with Crippen molar-refractivity contribution in [3.8, 4) is 0 Å². The summed E-state index contributed by atoms with van der Waals surface area (Å²) < 4.78 is 26.5. The molecule has 0 bridgehead atoms. The van der Waals surface area contributed by atoms with E-state index in [1.165, 1.54) is 6.20 Å². The third-order valence-corrected chi connectivity index (χ3v) is 4.26. The average molecular weight is 257 g/mol. The van der Waals surface area contributed by atoms with E-state index >= 15 is 0 Å². The van der Waals surface area contributed by atoms with Crippen molar-refractivity contribution in [1.29, 1.82) is 0 Å². The number of hydrogen-bond donors (Lipinski definition) is 2. The van der Waals surface area contributed by atoms with Crippen LogP contribution in [-0.4, -0.2) is 30.2 Å². The van der Waals surface area contributed by atoms with E-state index in [0.29, 0.717) is 31.5 Å². The van der Waals surface area contributed by atoms with E-state index in [9.17, 15) is 13.2 Å². The molecule has 0 unspecified atom stereocenters. The zero-order chi connectivity index (χ0) is 12.5. The van der Waals surface area contributed by atoms with Crippen LogP contribution in [0.4, 0.5) is 0 Å². The monoisotopic (exact) mass is 257 g/mol. The van der Waals surface area contributed by atoms with Crippen LogP contribution in [0.25, 0.3) is 0 Å². The molecular formula is C10H15N3O3S. The SMILES string of the molecule is Cc1ncc(S(=O)(=O)NC2CCC(=O)CC2)[nH]1. The number of ketones is 1. The molecule has 1 aliphatic rings. The Labute approximate surface area is 99.9 Å². The molecule has 1 aromatic heterocycles. The first-order chi connectivity index (χ1) is 7.97. The maximum absolute atomic E-state index is 11.9. The number of nitrogens with zero attached hydrogens (tertiary/aromatic N) is 1. The Morgan fingerprint density at radius 2 is 2.06 bits per heavy atom. The van der Waals surface area contributed by atoms with Crippen molar-refractivity contribution in [3.63, 3.8) is 0 Å². The van der Waals surface area contributed by atoms with E-state index in [4.69, 9.17) is 0 Å². The summed E-state index contributed by atoms with van der Waals surface area (Å²) in [6, 6.07) is -0.152. The second-order valence-electron chi connectivity index (χ2n) is 4.27. The van der Waals surface area contributed by atoms with Crippen LogP contribution in [0.2, 0.25) is 0 Å². The lowest BCUT2D eigenvalue weighted by atomic mass is 9.95. The van der Waals surface area contributed by atoms with E-state index in [0.717, 1.165) is 0 Å². The lowest BCUT2D eigenvalue weighted by Gasteiger charge is -2.21. The van der Waals surface area contributed by atoms with Crippen molar-refractivity contribution in [1.82, 2.24) is 14.7 Å². The number of aryl methyl sites for hydroxylation is 1. The molecule has 0 spiro atoms. The molecule has 0 radical (unpaired) electrons. The third-order valence-electron chi connectivity index (χ3n) is 2.83. The van der Waals surface area contributed by atoms with Gasteiger partial charge in [0.15, 0.2) is 5.03 Å². The van der Waals surface area contributed by atoms with Gasteiger partial charge in [-0.25, -0.2) is 18.1 Å². The van der Waals surface area contributed by atoms with E-state index in [2.05, 4.69) is 14.7 Å². The number of H-pyrrole nitrogens is 1. The van der Waals surface area contributed by atoms with Crippen LogP contribution in [-0.2, 0) is 14.8 Å². The van der Waals surface area contributed by atoms with Gasteiger partial charge in [-0.05, 0) is 19.8 Å². The second-order valence-corrected chi connectivity index (χ2v) is 5.95. The first-order valence-corrected chi connectivity index (χ1v) is 7.01. The first kappa shape index (κ1) is 12.3. The molecule has 7 heteroatoms. The van der Waals surface area contributed by atoms with Crippen molar-refractivity contribution in [3.05, 3.63) is 12.0 Å². The molecule has 1 aromatic rings. The molecule has 1 aliphatic carbocycles. The van der Waals surface area contributed by atoms with Crippen LogP contribution < -0.4 is 4.72 Å². The Bertz CT molecular complexity index is 511. The molecular weight excluding hydrogens is 242 g/mol. The van der Waals surface area contributed by atoms with Crippen LogP contribution >= 0.6 is 0 Å². The highest BCUT2D eigenvalue weighted by Gasteiger charge is 2.25. The Morgan fingerprint density at radius 3 is 2.59 bits per heavy atom. The number of imidazole rings is 1. The van der Waals surface area contributed by atoms with Gasteiger partial charge in [0.05, 0.1) is 6.20 Å². The lowest BCUT2D eigenvalue weighted by molar-refractivity contribution is -0.120. The number of aromatic amines is 1. The highest BCUT2D eigenvalue weighted by molar-refractivity contribution is 7.89. The molecule has 0 amide bonds. The van der Waals surface area contributed by atoms with Gasteiger partial charge in [-0.2, -0.15) is 0 Å². The molecule has 17 heavy (non-hydrogen) atoms. The van der Waals surface area contributed by atoms with Crippen molar-refractivity contribution >= 4 is 15.8 Å². The minimum atomic E-state index is -3.54. The quantitative estimate of drug-likeness (QED) is 0.825. The molecule has 0 saturated heterocycles. The summed E-state index contributed by atoms with van der Waals surface area (Å²) >= 11 is 0. The number of aromatic nitrogens is 2. The zero-order valence-corrected chi connectivity index (χ0v) is 10.4. The number of carbonyl (C=O) groups is 1. The summed E-state index contributed by atoms with van der Waals surface area (Å²) in [6.07, 6.45) is 3.35. The maximum atomic E-state index is 11.9. The van der Waals surface area contributed by atoms with Gasteiger partial charge in [-0.3, -0.25) is 4.79 Å². The number of Topliss-reactive ketones (excluding diaryl/α,β-unsaturated/α-hetero) is 1. The fraction of sp³-hybridized carbons (Fsp3) is 0.600. The molecule has 2 N–H and O–H groups in total. The van der Waals surface area contributed by atoms with E-state index in [1.54, 1.807) is 6.92 Å². The standard InChI is InChI=1S/C10H15N3O3S/c1-7-11-6-10(12-7)17(15,16)13-8-2-4-9(14)5-3-8/h6,8,13H,2-5H2,1H3,(H,11,12). The summed E-state index contributed by atoms with van der Waals surface area (Å²) in [6.45, 7) is 1.69. The van der Waals surface area contributed by atoms with Crippen molar-refractivity contribution in [2.45, 2.75) is 43.7 Å². The maximum Gasteiger partial charge on any atom is 0.257 e. The van der Waals surface area contributed by atoms with Gasteiger partial charge in [-0.1, -0.05) is 0 Å². The summed E-state index contributed by atoms with van der Waals surface area (Å²) in [4.78, 5) is 17.6. The van der Waals surface area contributed by atoms with Gasteiger partial charge in [0, 0.05) is 18.9 Å². The number of hydrogen-bond acceptors (Lipinski definition) is 4. The fourth-order valence-electron chi connectivity index (χ4n) is 1.88. The fourth-order valence-corrected chi connectivity index (χ4v) is 3.15. The summed E-state index contributed by atoms with van der Waals surface area (Å²) in [7, 11) is -3.54. The number of carbonyl (C=O) groups excluding carboxylic acids is 1. The van der Waals surface area contributed by atoms with Crippen LogP contribution in [0.3, 0.4) is 0 Å². The highest BCUT2D eigenvalue weighted by atomic mass is 32.2. The summed E-state index contributed by atoms with van der Waals surface area (Å²) in [5.74, 6) is 0.766. The molecule has 0 aliphatic heterocycles. The second kappa shape index (κ2) is 4.58. The van der Waals surface area contributed by atoms with Gasteiger partial charge in [0.2, 0.25) is 0 Å². The normalized spacial score (nSPS) is 18.5. The van der Waals surface area contributed by atoms with E-state index in [-0.39, 0.29) is 16.9 Å². The van der Waals surface area contributed by atoms with Crippen molar-refractivity contribution < 1.29 is 13.2 Å². The topological polar surface area (TPSA) is 91.9 Å². The molecule has 0 atom stereocenters. The van der Waals surface area contributed by atoms with Gasteiger partial charge < -0.3 is 4.98 Å². The number of rotatable bonds is 3. The van der Waals surface area contributed by atoms with Crippen LogP contribution in [0, 0.1) is 6.92 Å². The minimum Gasteiger partial charge on any atom is -0.332 e. The van der Waals surface area contributed by atoms with Gasteiger partial charge in [-0.15, -0.1) is 0 Å². The van der Waals surface area contributed by atoms with Gasteiger partial charge in [0.1, 0.15) is 11.6 Å². The molecule has 94 valence electrons.